The van der Waals surface area contributed by atoms with Crippen molar-refractivity contribution in [1.82, 2.24) is 10.0 Å². The predicted molar refractivity (Wildman–Crippen MR) is 75.9 cm³/mol. The minimum Gasteiger partial charge on any atom is -0.349 e. The third-order valence-corrected chi connectivity index (χ3v) is 2.88. The van der Waals surface area contributed by atoms with Gasteiger partial charge in [0.1, 0.15) is 5.69 Å². The molecule has 104 valence electrons. The molecule has 20 heavy (non-hydrogen) atoms. The summed E-state index contributed by atoms with van der Waals surface area (Å²) in [5.74, 6) is -0.856. The molecule has 1 N–H and O–H groups in total. The standard InChI is InChI=1S/C15H16N2O3/c1-3-4-9-14(18)17(2)20-15(19)13-10-11-7-5-6-8-12(11)16-13/h3,5-8,10,16H,1,4,9H2,2H3. The molecule has 0 aliphatic heterocycles. The first kappa shape index (κ1) is 13.9. The van der Waals surface area contributed by atoms with Crippen molar-refractivity contribution in [3.63, 3.8) is 0 Å². The Bertz CT molecular complexity index is 612. The molecule has 0 unspecified atom stereocenters. The van der Waals surface area contributed by atoms with Gasteiger partial charge in [0.15, 0.2) is 0 Å². The zero-order valence-corrected chi connectivity index (χ0v) is 11.3. The van der Waals surface area contributed by atoms with Gasteiger partial charge in [-0.1, -0.05) is 24.3 Å². The van der Waals surface area contributed by atoms with Gasteiger partial charge in [-0.3, -0.25) is 4.79 Å². The average molecular weight is 272 g/mol. The van der Waals surface area contributed by atoms with Crippen LogP contribution in [-0.4, -0.2) is 29.0 Å². The summed E-state index contributed by atoms with van der Waals surface area (Å²) in [6.07, 6.45) is 2.46. The van der Waals surface area contributed by atoms with Crippen molar-refractivity contribution in [3.05, 3.63) is 48.7 Å². The highest BCUT2D eigenvalue weighted by Crippen LogP contribution is 2.15. The molecule has 5 nitrogen and oxygen atoms in total. The number of fused-ring (bicyclic) bond motifs is 1. The number of allylic oxidation sites excluding steroid dienone is 1. The molecule has 1 aromatic carbocycles. The molecule has 0 radical (unpaired) electrons. The van der Waals surface area contributed by atoms with E-state index in [-0.39, 0.29) is 12.3 Å². The first-order valence-electron chi connectivity index (χ1n) is 6.29. The van der Waals surface area contributed by atoms with Gasteiger partial charge in [-0.2, -0.15) is 5.06 Å². The molecule has 0 saturated carbocycles. The average Bonchev–Trinajstić information content (AvgIpc) is 2.88. The molecule has 1 amide bonds. The highest BCUT2D eigenvalue weighted by Gasteiger charge is 2.17. The van der Waals surface area contributed by atoms with Crippen LogP contribution in [0.3, 0.4) is 0 Å². The number of amides is 1. The summed E-state index contributed by atoms with van der Waals surface area (Å²) in [7, 11) is 1.42. The van der Waals surface area contributed by atoms with Gasteiger partial charge in [0.05, 0.1) is 0 Å². The van der Waals surface area contributed by atoms with E-state index in [1.165, 1.54) is 7.05 Å². The fraction of sp³-hybridized carbons (Fsp3) is 0.200. The maximum Gasteiger partial charge on any atom is 0.379 e. The van der Waals surface area contributed by atoms with Crippen LogP contribution in [0.1, 0.15) is 23.3 Å². The number of benzene rings is 1. The van der Waals surface area contributed by atoms with Crippen LogP contribution < -0.4 is 0 Å². The Hall–Kier alpha value is -2.56. The molecule has 5 heteroatoms. The van der Waals surface area contributed by atoms with Crippen molar-refractivity contribution < 1.29 is 14.4 Å². The lowest BCUT2D eigenvalue weighted by molar-refractivity contribution is -0.161. The van der Waals surface area contributed by atoms with E-state index in [1.54, 1.807) is 12.1 Å². The van der Waals surface area contributed by atoms with Gasteiger partial charge in [-0.25, -0.2) is 4.79 Å². The van der Waals surface area contributed by atoms with Crippen molar-refractivity contribution in [1.29, 1.82) is 0 Å². The summed E-state index contributed by atoms with van der Waals surface area (Å²) < 4.78 is 0. The van der Waals surface area contributed by atoms with Crippen LogP contribution in [0.2, 0.25) is 0 Å². The Morgan fingerprint density at radius 3 is 2.85 bits per heavy atom. The van der Waals surface area contributed by atoms with Crippen LogP contribution in [0, 0.1) is 0 Å². The third-order valence-electron chi connectivity index (χ3n) is 2.88. The Morgan fingerprint density at radius 2 is 2.15 bits per heavy atom. The number of rotatable bonds is 4. The summed E-state index contributed by atoms with van der Waals surface area (Å²) >= 11 is 0. The third kappa shape index (κ3) is 3.06. The van der Waals surface area contributed by atoms with Gasteiger partial charge < -0.3 is 9.82 Å². The van der Waals surface area contributed by atoms with Crippen molar-refractivity contribution >= 4 is 22.8 Å². The molecule has 2 aromatic rings. The second-order valence-corrected chi connectivity index (χ2v) is 4.37. The van der Waals surface area contributed by atoms with Crippen molar-refractivity contribution in [3.8, 4) is 0 Å². The first-order chi connectivity index (χ1) is 9.61. The Morgan fingerprint density at radius 1 is 1.40 bits per heavy atom. The van der Waals surface area contributed by atoms with Gasteiger partial charge in [-0.15, -0.1) is 6.58 Å². The molecule has 0 spiro atoms. The molecule has 2 rings (SSSR count). The monoisotopic (exact) mass is 272 g/mol. The van der Waals surface area contributed by atoms with Crippen LogP contribution >= 0.6 is 0 Å². The molecule has 0 bridgehead atoms. The fourth-order valence-electron chi connectivity index (χ4n) is 1.79. The minimum absolute atomic E-state index is 0.264. The van der Waals surface area contributed by atoms with Crippen molar-refractivity contribution in [2.75, 3.05) is 7.05 Å². The largest absolute Gasteiger partial charge is 0.379 e. The number of hydroxylamine groups is 2. The normalized spacial score (nSPS) is 10.2. The van der Waals surface area contributed by atoms with Gasteiger partial charge in [0.2, 0.25) is 0 Å². The van der Waals surface area contributed by atoms with Crippen LogP contribution in [-0.2, 0) is 9.63 Å². The summed E-state index contributed by atoms with van der Waals surface area (Å²) in [5, 5.41) is 1.87. The van der Waals surface area contributed by atoms with E-state index in [9.17, 15) is 9.59 Å². The number of hydrogen-bond acceptors (Lipinski definition) is 3. The maximum absolute atomic E-state index is 11.9. The highest BCUT2D eigenvalue weighted by atomic mass is 16.7. The zero-order valence-electron chi connectivity index (χ0n) is 11.3. The lowest BCUT2D eigenvalue weighted by Gasteiger charge is -2.15. The van der Waals surface area contributed by atoms with Crippen molar-refractivity contribution in [2.24, 2.45) is 0 Å². The first-order valence-corrected chi connectivity index (χ1v) is 6.29. The maximum atomic E-state index is 11.9. The molecule has 0 aliphatic carbocycles. The molecule has 0 saturated heterocycles. The number of carbonyl (C=O) groups excluding carboxylic acids is 2. The van der Waals surface area contributed by atoms with E-state index >= 15 is 0 Å². The highest BCUT2D eigenvalue weighted by molar-refractivity contribution is 5.95. The van der Waals surface area contributed by atoms with E-state index < -0.39 is 5.97 Å². The number of nitrogens with zero attached hydrogens (tertiary/aromatic N) is 1. The second-order valence-electron chi connectivity index (χ2n) is 4.37. The van der Waals surface area contributed by atoms with E-state index in [1.807, 2.05) is 24.3 Å². The number of aromatic nitrogens is 1. The van der Waals surface area contributed by atoms with Gasteiger partial charge in [-0.05, 0) is 18.6 Å². The summed E-state index contributed by atoms with van der Waals surface area (Å²) in [6, 6.07) is 9.21. The quantitative estimate of drug-likeness (QED) is 0.687. The lowest BCUT2D eigenvalue weighted by atomic mass is 10.2. The van der Waals surface area contributed by atoms with E-state index in [0.29, 0.717) is 12.1 Å². The van der Waals surface area contributed by atoms with E-state index in [0.717, 1.165) is 16.0 Å². The number of H-pyrrole nitrogens is 1. The Labute approximate surface area is 116 Å². The molecular formula is C15H16N2O3. The van der Waals surface area contributed by atoms with E-state index in [2.05, 4.69) is 11.6 Å². The minimum atomic E-state index is -0.587. The smallest absolute Gasteiger partial charge is 0.349 e. The van der Waals surface area contributed by atoms with Crippen LogP contribution in [0.15, 0.2) is 43.0 Å². The Balaban J connectivity index is 2.04. The van der Waals surface area contributed by atoms with Crippen LogP contribution in [0.4, 0.5) is 0 Å². The molecule has 1 aromatic heterocycles. The number of para-hydroxylation sites is 1. The summed E-state index contributed by atoms with van der Waals surface area (Å²) in [5.41, 5.74) is 1.16. The number of hydrogen-bond donors (Lipinski definition) is 1. The number of nitrogens with one attached hydrogen (secondary N) is 1. The zero-order chi connectivity index (χ0) is 14.5. The molecule has 0 atom stereocenters. The van der Waals surface area contributed by atoms with Crippen molar-refractivity contribution in [2.45, 2.75) is 12.8 Å². The Kier molecular flexibility index (Phi) is 4.20. The predicted octanol–water partition coefficient (Wildman–Crippen LogP) is 2.66. The molecule has 0 aliphatic rings. The SMILES string of the molecule is C=CCCC(=O)N(C)OC(=O)c1cc2ccccc2[nH]1. The number of aromatic amines is 1. The van der Waals surface area contributed by atoms with E-state index in [4.69, 9.17) is 4.84 Å². The fourth-order valence-corrected chi connectivity index (χ4v) is 1.79. The summed E-state index contributed by atoms with van der Waals surface area (Å²) in [6.45, 7) is 3.54. The topological polar surface area (TPSA) is 62.4 Å². The van der Waals surface area contributed by atoms with Gasteiger partial charge >= 0.3 is 5.97 Å². The summed E-state index contributed by atoms with van der Waals surface area (Å²) in [4.78, 5) is 31.5. The molecular weight excluding hydrogens is 256 g/mol. The number of carbonyl (C=O) groups is 2. The van der Waals surface area contributed by atoms with Gasteiger partial charge in [0.25, 0.3) is 5.91 Å². The molecule has 0 fully saturated rings. The van der Waals surface area contributed by atoms with Crippen LogP contribution in [0.5, 0.6) is 0 Å². The molecule has 1 heterocycles. The lowest BCUT2D eigenvalue weighted by Crippen LogP contribution is -2.29. The van der Waals surface area contributed by atoms with Gasteiger partial charge in [0, 0.05) is 24.4 Å². The van der Waals surface area contributed by atoms with Crippen LogP contribution in [0.25, 0.3) is 10.9 Å². The second kappa shape index (κ2) is 6.06.